The predicted octanol–water partition coefficient (Wildman–Crippen LogP) is 3.92. The molecule has 0 radical (unpaired) electrons. The van der Waals surface area contributed by atoms with E-state index in [0.717, 1.165) is 12.8 Å². The molecule has 1 aromatic carbocycles. The van der Waals surface area contributed by atoms with Crippen LogP contribution in [-0.2, 0) is 6.42 Å². The molecule has 0 spiro atoms. The van der Waals surface area contributed by atoms with Gasteiger partial charge in [-0.3, -0.25) is 0 Å². The molecule has 1 aromatic rings. The second kappa shape index (κ2) is 5.17. The molecule has 1 nitrogen and oxygen atoms in total. The summed E-state index contributed by atoms with van der Waals surface area (Å²) in [6, 6.07) is 4.39. The second-order valence-corrected chi connectivity index (χ2v) is 4.32. The van der Waals surface area contributed by atoms with Gasteiger partial charge in [0.15, 0.2) is 0 Å². The third-order valence-corrected chi connectivity index (χ3v) is 3.48. The van der Waals surface area contributed by atoms with Crippen molar-refractivity contribution in [2.24, 2.45) is 0 Å². The van der Waals surface area contributed by atoms with Gasteiger partial charge in [0.05, 0.1) is 0 Å². The summed E-state index contributed by atoms with van der Waals surface area (Å²) in [4.78, 5) is 3.35. The van der Waals surface area contributed by atoms with Crippen molar-refractivity contribution in [2.75, 3.05) is 6.54 Å². The Kier molecular flexibility index (Phi) is 4.16. The van der Waals surface area contributed by atoms with Crippen LogP contribution in [0.4, 0.5) is 0 Å². The Bertz CT molecular complexity index is 340. The van der Waals surface area contributed by atoms with Crippen molar-refractivity contribution in [1.82, 2.24) is 0 Å². The first kappa shape index (κ1) is 11.3. The van der Waals surface area contributed by atoms with E-state index in [4.69, 9.17) is 6.57 Å². The monoisotopic (exact) mass is 251 g/mol. The van der Waals surface area contributed by atoms with E-state index < -0.39 is 0 Å². The van der Waals surface area contributed by atoms with E-state index >= 15 is 0 Å². The van der Waals surface area contributed by atoms with Crippen LogP contribution in [0.15, 0.2) is 16.6 Å². The van der Waals surface area contributed by atoms with Crippen LogP contribution in [-0.4, -0.2) is 6.54 Å². The number of halogens is 1. The van der Waals surface area contributed by atoms with Crippen LogP contribution in [0.3, 0.4) is 0 Å². The van der Waals surface area contributed by atoms with E-state index in [1.165, 1.54) is 21.2 Å². The van der Waals surface area contributed by atoms with E-state index in [0.29, 0.717) is 6.54 Å². The average Bonchev–Trinajstić information content (AvgIpc) is 2.14. The molecule has 74 valence electrons. The fraction of sp³-hybridized carbons (Fsp3) is 0.417. The number of nitrogens with zero attached hydrogens (tertiary/aromatic N) is 1. The summed E-state index contributed by atoms with van der Waals surface area (Å²) in [6.07, 6.45) is 1.97. The van der Waals surface area contributed by atoms with E-state index in [2.05, 4.69) is 46.8 Å². The first-order valence-corrected chi connectivity index (χ1v) is 5.53. The third-order valence-electron chi connectivity index (χ3n) is 2.23. The van der Waals surface area contributed by atoms with Crippen molar-refractivity contribution in [3.63, 3.8) is 0 Å². The molecule has 0 N–H and O–H groups in total. The summed E-state index contributed by atoms with van der Waals surface area (Å²) in [5.41, 5.74) is 3.90. The fourth-order valence-corrected chi connectivity index (χ4v) is 1.77. The molecular formula is C12H14BrN. The van der Waals surface area contributed by atoms with Gasteiger partial charge in [0.1, 0.15) is 0 Å². The van der Waals surface area contributed by atoms with Crippen LogP contribution < -0.4 is 0 Å². The number of rotatable bonds is 3. The van der Waals surface area contributed by atoms with Gasteiger partial charge < -0.3 is 4.85 Å². The van der Waals surface area contributed by atoms with Gasteiger partial charge in [0.25, 0.3) is 0 Å². The summed E-state index contributed by atoms with van der Waals surface area (Å²) < 4.78 is 1.20. The third kappa shape index (κ3) is 2.85. The van der Waals surface area contributed by atoms with Crippen molar-refractivity contribution in [2.45, 2.75) is 26.7 Å². The highest BCUT2D eigenvalue weighted by Gasteiger charge is 2.02. The van der Waals surface area contributed by atoms with Gasteiger partial charge in [-0.1, -0.05) is 28.1 Å². The molecule has 0 aliphatic carbocycles. The molecule has 0 heterocycles. The minimum atomic E-state index is 0.633. The molecule has 0 aliphatic rings. The predicted molar refractivity (Wildman–Crippen MR) is 63.4 cm³/mol. The van der Waals surface area contributed by atoms with Crippen LogP contribution in [0.5, 0.6) is 0 Å². The van der Waals surface area contributed by atoms with Crippen molar-refractivity contribution in [3.05, 3.63) is 44.7 Å². The van der Waals surface area contributed by atoms with Gasteiger partial charge in [-0.25, -0.2) is 6.57 Å². The van der Waals surface area contributed by atoms with E-state index in [9.17, 15) is 0 Å². The van der Waals surface area contributed by atoms with Gasteiger partial charge in [0.2, 0.25) is 6.54 Å². The maximum Gasteiger partial charge on any atom is 0.215 e. The highest BCUT2D eigenvalue weighted by atomic mass is 79.9. The Balaban J connectivity index is 2.75. The molecule has 0 fully saturated rings. The summed E-state index contributed by atoms with van der Waals surface area (Å²) in [6.45, 7) is 11.6. The molecule has 0 bridgehead atoms. The molecule has 0 atom stereocenters. The summed E-state index contributed by atoms with van der Waals surface area (Å²) in [5, 5.41) is 0. The SMILES string of the molecule is [C-]#[N+]CCCc1cc(C)c(Br)c(C)c1. The zero-order valence-electron chi connectivity index (χ0n) is 8.60. The van der Waals surface area contributed by atoms with Crippen molar-refractivity contribution in [3.8, 4) is 0 Å². The lowest BCUT2D eigenvalue weighted by Crippen LogP contribution is -1.91. The van der Waals surface area contributed by atoms with Crippen molar-refractivity contribution >= 4 is 15.9 Å². The van der Waals surface area contributed by atoms with Crippen LogP contribution in [0.2, 0.25) is 0 Å². The molecule has 0 aromatic heterocycles. The maximum atomic E-state index is 6.70. The molecule has 2 heteroatoms. The lowest BCUT2D eigenvalue weighted by Gasteiger charge is -2.06. The second-order valence-electron chi connectivity index (χ2n) is 3.53. The molecule has 0 saturated carbocycles. The Morgan fingerprint density at radius 2 is 1.86 bits per heavy atom. The zero-order chi connectivity index (χ0) is 10.6. The summed E-state index contributed by atoms with van der Waals surface area (Å²) >= 11 is 3.55. The molecule has 1 rings (SSSR count). The van der Waals surface area contributed by atoms with Crippen LogP contribution >= 0.6 is 15.9 Å². The van der Waals surface area contributed by atoms with Crippen molar-refractivity contribution < 1.29 is 0 Å². The molecule has 0 amide bonds. The van der Waals surface area contributed by atoms with E-state index in [1.54, 1.807) is 0 Å². The molecule has 0 aliphatic heterocycles. The van der Waals surface area contributed by atoms with Crippen LogP contribution in [0, 0.1) is 20.4 Å². The number of hydrogen-bond acceptors (Lipinski definition) is 0. The largest absolute Gasteiger partial charge is 0.317 e. The normalized spacial score (nSPS) is 9.86. The van der Waals surface area contributed by atoms with Crippen LogP contribution in [0.25, 0.3) is 4.85 Å². The van der Waals surface area contributed by atoms with Crippen LogP contribution in [0.1, 0.15) is 23.1 Å². The standard InChI is InChI=1S/C12H14BrN/c1-9-7-11(5-4-6-14-3)8-10(2)12(9)13/h7-8H,4-6H2,1-2H3. The Morgan fingerprint density at radius 3 is 2.36 bits per heavy atom. The van der Waals surface area contributed by atoms with E-state index in [-0.39, 0.29) is 0 Å². The lowest BCUT2D eigenvalue weighted by atomic mass is 10.0. The van der Waals surface area contributed by atoms with Crippen molar-refractivity contribution in [1.29, 1.82) is 0 Å². The van der Waals surface area contributed by atoms with Gasteiger partial charge in [-0.15, -0.1) is 0 Å². The van der Waals surface area contributed by atoms with E-state index in [1.807, 2.05) is 0 Å². The van der Waals surface area contributed by atoms with Gasteiger partial charge in [0, 0.05) is 10.9 Å². The maximum absolute atomic E-state index is 6.70. The number of benzene rings is 1. The Morgan fingerprint density at radius 1 is 1.29 bits per heavy atom. The van der Waals surface area contributed by atoms with Gasteiger partial charge in [-0.2, -0.15) is 0 Å². The highest BCUT2D eigenvalue weighted by Crippen LogP contribution is 2.22. The summed E-state index contributed by atoms with van der Waals surface area (Å²) in [7, 11) is 0. The summed E-state index contributed by atoms with van der Waals surface area (Å²) in [5.74, 6) is 0. The van der Waals surface area contributed by atoms with Gasteiger partial charge in [-0.05, 0) is 37.0 Å². The minimum absolute atomic E-state index is 0.633. The smallest absolute Gasteiger partial charge is 0.215 e. The first-order valence-electron chi connectivity index (χ1n) is 4.74. The fourth-order valence-electron chi connectivity index (χ4n) is 1.54. The number of aryl methyl sites for hydroxylation is 3. The molecule has 0 saturated heterocycles. The quantitative estimate of drug-likeness (QED) is 0.567. The van der Waals surface area contributed by atoms with Gasteiger partial charge >= 0.3 is 0 Å². The molecule has 0 unspecified atom stereocenters. The Hall–Kier alpha value is -0.810. The zero-order valence-corrected chi connectivity index (χ0v) is 10.2. The minimum Gasteiger partial charge on any atom is -0.317 e. The topological polar surface area (TPSA) is 4.36 Å². The number of hydrogen-bond donors (Lipinski definition) is 0. The first-order chi connectivity index (χ1) is 6.65. The highest BCUT2D eigenvalue weighted by molar-refractivity contribution is 9.10. The average molecular weight is 252 g/mol. The molecular weight excluding hydrogens is 238 g/mol. The molecule has 14 heavy (non-hydrogen) atoms. The Labute approximate surface area is 94.1 Å². The lowest BCUT2D eigenvalue weighted by molar-refractivity contribution is 0.888.